The van der Waals surface area contributed by atoms with E-state index in [1.54, 1.807) is 31.5 Å². The van der Waals surface area contributed by atoms with Gasteiger partial charge in [0.15, 0.2) is 17.3 Å². The average Bonchev–Trinajstić information content (AvgIpc) is 2.78. The van der Waals surface area contributed by atoms with Gasteiger partial charge in [-0.15, -0.1) is 0 Å². The normalized spacial score (nSPS) is 10.6. The molecule has 3 rings (SSSR count). The molecule has 5 nitrogen and oxygen atoms in total. The molecule has 148 valence electrons. The van der Waals surface area contributed by atoms with Crippen molar-refractivity contribution < 1.29 is 19.0 Å². The molecule has 5 heteroatoms. The molecular weight excluding hydrogens is 366 g/mol. The van der Waals surface area contributed by atoms with Gasteiger partial charge in [-0.25, -0.2) is 0 Å². The third kappa shape index (κ3) is 5.62. The molecule has 0 amide bonds. The Bertz CT molecular complexity index is 966. The highest BCUT2D eigenvalue weighted by Crippen LogP contribution is 2.27. The molecule has 0 aromatic heterocycles. The highest BCUT2D eigenvalue weighted by Gasteiger charge is 2.08. The van der Waals surface area contributed by atoms with Crippen molar-refractivity contribution in [3.05, 3.63) is 96.2 Å². The molecule has 3 aromatic carbocycles. The fourth-order valence-corrected chi connectivity index (χ4v) is 2.69. The number of ether oxygens (including phenoxy) is 3. The molecule has 0 aliphatic carbocycles. The molecule has 0 bridgehead atoms. The van der Waals surface area contributed by atoms with E-state index >= 15 is 0 Å². The van der Waals surface area contributed by atoms with E-state index in [0.29, 0.717) is 23.7 Å². The Kier molecular flexibility index (Phi) is 6.90. The number of rotatable bonds is 9. The number of benzene rings is 3. The number of methoxy groups -OCH3 is 2. The minimum Gasteiger partial charge on any atom is -0.493 e. The van der Waals surface area contributed by atoms with Crippen LogP contribution in [-0.2, 0) is 6.61 Å². The van der Waals surface area contributed by atoms with Crippen molar-refractivity contribution in [2.75, 3.05) is 19.5 Å². The number of nitrogens with one attached hydrogen (secondary N) is 1. The first-order valence-electron chi connectivity index (χ1n) is 9.16. The van der Waals surface area contributed by atoms with Crippen molar-refractivity contribution >= 4 is 11.5 Å². The van der Waals surface area contributed by atoms with Gasteiger partial charge in [0.25, 0.3) is 0 Å². The summed E-state index contributed by atoms with van der Waals surface area (Å²) < 4.78 is 16.2. The lowest BCUT2D eigenvalue weighted by atomic mass is 10.1. The van der Waals surface area contributed by atoms with E-state index < -0.39 is 0 Å². The van der Waals surface area contributed by atoms with Crippen molar-refractivity contribution in [3.63, 3.8) is 0 Å². The number of hydrogen-bond acceptors (Lipinski definition) is 5. The maximum absolute atomic E-state index is 12.3. The van der Waals surface area contributed by atoms with E-state index in [9.17, 15) is 4.79 Å². The number of anilines is 1. The van der Waals surface area contributed by atoms with Crippen molar-refractivity contribution in [3.8, 4) is 17.2 Å². The zero-order valence-electron chi connectivity index (χ0n) is 16.4. The molecule has 0 heterocycles. The lowest BCUT2D eigenvalue weighted by molar-refractivity contribution is 0.104. The maximum atomic E-state index is 12.3. The number of ketones is 1. The molecule has 29 heavy (non-hydrogen) atoms. The second-order valence-corrected chi connectivity index (χ2v) is 6.21. The third-order valence-corrected chi connectivity index (χ3v) is 4.26. The number of carbonyl (C=O) groups is 1. The molecule has 0 aliphatic rings. The van der Waals surface area contributed by atoms with Gasteiger partial charge in [-0.2, -0.15) is 0 Å². The van der Waals surface area contributed by atoms with Gasteiger partial charge in [-0.05, 0) is 48.0 Å². The van der Waals surface area contributed by atoms with E-state index in [-0.39, 0.29) is 5.78 Å². The fraction of sp³-hybridized carbons (Fsp3) is 0.125. The largest absolute Gasteiger partial charge is 0.493 e. The Balaban J connectivity index is 1.54. The molecule has 0 unspecified atom stereocenters. The smallest absolute Gasteiger partial charge is 0.187 e. The Labute approximate surface area is 170 Å². The summed E-state index contributed by atoms with van der Waals surface area (Å²) in [5.41, 5.74) is 2.49. The molecule has 1 N–H and O–H groups in total. The summed E-state index contributed by atoms with van der Waals surface area (Å²) in [6.45, 7) is 0.521. The summed E-state index contributed by atoms with van der Waals surface area (Å²) in [7, 11) is 3.10. The van der Waals surface area contributed by atoms with Crippen LogP contribution in [0.5, 0.6) is 17.2 Å². The molecule has 0 spiro atoms. The van der Waals surface area contributed by atoms with Gasteiger partial charge in [-0.1, -0.05) is 30.3 Å². The monoisotopic (exact) mass is 389 g/mol. The first-order valence-corrected chi connectivity index (χ1v) is 9.16. The van der Waals surface area contributed by atoms with Crippen molar-refractivity contribution in [1.82, 2.24) is 0 Å². The van der Waals surface area contributed by atoms with Crippen molar-refractivity contribution in [2.45, 2.75) is 6.61 Å². The summed E-state index contributed by atoms with van der Waals surface area (Å²) in [6.07, 6.45) is 3.08. The van der Waals surface area contributed by atoms with Crippen LogP contribution in [-0.4, -0.2) is 20.0 Å². The van der Waals surface area contributed by atoms with Gasteiger partial charge >= 0.3 is 0 Å². The third-order valence-electron chi connectivity index (χ3n) is 4.26. The summed E-state index contributed by atoms with van der Waals surface area (Å²) in [6, 6.07) is 22.6. The van der Waals surface area contributed by atoms with Crippen molar-refractivity contribution in [1.29, 1.82) is 0 Å². The standard InChI is InChI=1S/C24H23NO4/c1-27-23-13-8-19(16-24(23)28-2)22(26)14-15-25-20-9-11-21(12-10-20)29-17-18-6-4-3-5-7-18/h3-16,25H,17H2,1-2H3/b15-14+. The Morgan fingerprint density at radius 1 is 0.897 bits per heavy atom. The highest BCUT2D eigenvalue weighted by molar-refractivity contribution is 6.05. The average molecular weight is 389 g/mol. The molecule has 0 atom stereocenters. The quantitative estimate of drug-likeness (QED) is 0.408. The zero-order chi connectivity index (χ0) is 20.5. The summed E-state index contributed by atoms with van der Waals surface area (Å²) in [5.74, 6) is 1.75. The first-order chi connectivity index (χ1) is 14.2. The van der Waals surface area contributed by atoms with Gasteiger partial charge in [-0.3, -0.25) is 4.79 Å². The van der Waals surface area contributed by atoms with E-state index in [4.69, 9.17) is 14.2 Å². The van der Waals surface area contributed by atoms with E-state index in [2.05, 4.69) is 5.32 Å². The first kappa shape index (κ1) is 20.0. The minimum absolute atomic E-state index is 0.138. The van der Waals surface area contributed by atoms with Crippen LogP contribution < -0.4 is 19.5 Å². The van der Waals surface area contributed by atoms with Crippen LogP contribution in [0.1, 0.15) is 15.9 Å². The number of allylic oxidation sites excluding steroid dienone is 1. The molecule has 0 radical (unpaired) electrons. The van der Waals surface area contributed by atoms with Gasteiger partial charge < -0.3 is 19.5 Å². The van der Waals surface area contributed by atoms with Gasteiger partial charge in [0.05, 0.1) is 14.2 Å². The van der Waals surface area contributed by atoms with Gasteiger partial charge in [0.2, 0.25) is 0 Å². The Morgan fingerprint density at radius 2 is 1.62 bits per heavy atom. The van der Waals surface area contributed by atoms with Gasteiger partial charge in [0.1, 0.15) is 12.4 Å². The lowest BCUT2D eigenvalue weighted by Crippen LogP contribution is -1.99. The van der Waals surface area contributed by atoms with Crippen LogP contribution in [0.3, 0.4) is 0 Å². The molecule has 0 saturated heterocycles. The lowest BCUT2D eigenvalue weighted by Gasteiger charge is -2.08. The highest BCUT2D eigenvalue weighted by atomic mass is 16.5. The molecule has 0 fully saturated rings. The predicted molar refractivity (Wildman–Crippen MR) is 114 cm³/mol. The van der Waals surface area contributed by atoms with Crippen LogP contribution in [0, 0.1) is 0 Å². The predicted octanol–water partition coefficient (Wildman–Crippen LogP) is 5.09. The minimum atomic E-state index is -0.138. The van der Waals surface area contributed by atoms with Crippen LogP contribution in [0.15, 0.2) is 85.1 Å². The SMILES string of the molecule is COc1ccc(C(=O)/C=C/Nc2ccc(OCc3ccccc3)cc2)cc1OC. The summed E-state index contributed by atoms with van der Waals surface area (Å²) in [5, 5.41) is 3.08. The fourth-order valence-electron chi connectivity index (χ4n) is 2.69. The summed E-state index contributed by atoms with van der Waals surface area (Å²) >= 11 is 0. The van der Waals surface area contributed by atoms with Crippen LogP contribution in [0.25, 0.3) is 0 Å². The molecular formula is C24H23NO4. The van der Waals surface area contributed by atoms with Crippen LogP contribution in [0.4, 0.5) is 5.69 Å². The van der Waals surface area contributed by atoms with Gasteiger partial charge in [0, 0.05) is 23.5 Å². The number of carbonyl (C=O) groups excluding carboxylic acids is 1. The van der Waals surface area contributed by atoms with E-state index in [0.717, 1.165) is 17.0 Å². The Morgan fingerprint density at radius 3 is 2.31 bits per heavy atom. The molecule has 3 aromatic rings. The van der Waals surface area contributed by atoms with Crippen molar-refractivity contribution in [2.24, 2.45) is 0 Å². The van der Waals surface area contributed by atoms with Crippen LogP contribution >= 0.6 is 0 Å². The summed E-state index contributed by atoms with van der Waals surface area (Å²) in [4.78, 5) is 12.3. The zero-order valence-corrected chi connectivity index (χ0v) is 16.4. The van der Waals surface area contributed by atoms with E-state index in [1.807, 2.05) is 54.6 Å². The molecule has 0 aliphatic heterocycles. The maximum Gasteiger partial charge on any atom is 0.187 e. The second-order valence-electron chi connectivity index (χ2n) is 6.21. The van der Waals surface area contributed by atoms with E-state index in [1.165, 1.54) is 13.2 Å². The molecule has 0 saturated carbocycles. The number of hydrogen-bond donors (Lipinski definition) is 1. The topological polar surface area (TPSA) is 56.8 Å². The van der Waals surface area contributed by atoms with Crippen LogP contribution in [0.2, 0.25) is 0 Å². The second kappa shape index (κ2) is 9.99. The Hall–Kier alpha value is -3.73.